The number of para-hydroxylation sites is 1. The summed E-state index contributed by atoms with van der Waals surface area (Å²) < 4.78 is 41.0. The van der Waals surface area contributed by atoms with Crippen molar-refractivity contribution >= 4 is 16.6 Å². The minimum atomic E-state index is -0.528. The van der Waals surface area contributed by atoms with E-state index in [9.17, 15) is 13.6 Å². The topological polar surface area (TPSA) is 87.5 Å². The van der Waals surface area contributed by atoms with E-state index >= 15 is 0 Å². The number of fused-ring (bicyclic) bond motifs is 3. The fraction of sp³-hybridized carbons (Fsp3) is 0.143. The van der Waals surface area contributed by atoms with Crippen molar-refractivity contribution < 1.29 is 18.0 Å². The van der Waals surface area contributed by atoms with Crippen LogP contribution in [-0.4, -0.2) is 37.8 Å². The molecule has 0 fully saturated rings. The molecule has 0 aliphatic carbocycles. The van der Waals surface area contributed by atoms with Crippen LogP contribution in [0.15, 0.2) is 58.1 Å². The Labute approximate surface area is 173 Å². The minimum Gasteiger partial charge on any atom is -0.383 e. The third-order valence-electron chi connectivity index (χ3n) is 4.96. The molecular formula is C21H15F2N5O3. The van der Waals surface area contributed by atoms with Crippen LogP contribution in [0.5, 0.6) is 0 Å². The summed E-state index contributed by atoms with van der Waals surface area (Å²) in [7, 11) is 1.50. The maximum atomic E-state index is 14.6. The number of aromatic nitrogens is 5. The monoisotopic (exact) mass is 423 g/mol. The second-order valence-electron chi connectivity index (χ2n) is 6.80. The van der Waals surface area contributed by atoms with Crippen LogP contribution in [0.4, 0.5) is 8.78 Å². The van der Waals surface area contributed by atoms with Crippen molar-refractivity contribution in [2.45, 2.75) is 6.54 Å². The summed E-state index contributed by atoms with van der Waals surface area (Å²) in [5.74, 6) is -0.668. The van der Waals surface area contributed by atoms with E-state index in [4.69, 9.17) is 9.26 Å². The lowest BCUT2D eigenvalue weighted by Gasteiger charge is -2.12. The lowest BCUT2D eigenvalue weighted by atomic mass is 10.2. The SMILES string of the molecule is COCCn1c(=O)c2c(-c3nc(-c4ccc(F)cc4)no3)ncn2c2cccc(F)c21. The molecule has 0 aliphatic heterocycles. The smallest absolute Gasteiger partial charge is 0.279 e. The fourth-order valence-corrected chi connectivity index (χ4v) is 3.52. The Hall–Kier alpha value is -3.92. The van der Waals surface area contributed by atoms with Crippen molar-refractivity contribution in [3.63, 3.8) is 0 Å². The molecule has 0 bridgehead atoms. The highest BCUT2D eigenvalue weighted by Crippen LogP contribution is 2.26. The molecule has 0 atom stereocenters. The molecule has 0 radical (unpaired) electrons. The molecule has 0 aliphatic rings. The van der Waals surface area contributed by atoms with Gasteiger partial charge in [-0.3, -0.25) is 9.20 Å². The normalized spacial score (nSPS) is 11.6. The third kappa shape index (κ3) is 3.08. The summed E-state index contributed by atoms with van der Waals surface area (Å²) in [6.07, 6.45) is 1.41. The van der Waals surface area contributed by atoms with Crippen molar-refractivity contribution in [2.75, 3.05) is 13.7 Å². The van der Waals surface area contributed by atoms with E-state index in [1.807, 2.05) is 0 Å². The quantitative estimate of drug-likeness (QED) is 0.431. The highest BCUT2D eigenvalue weighted by molar-refractivity contribution is 5.84. The number of methoxy groups -OCH3 is 1. The number of ether oxygens (including phenoxy) is 1. The molecule has 0 spiro atoms. The fourth-order valence-electron chi connectivity index (χ4n) is 3.52. The maximum Gasteiger partial charge on any atom is 0.279 e. The summed E-state index contributed by atoms with van der Waals surface area (Å²) >= 11 is 0. The minimum absolute atomic E-state index is 0.0213. The van der Waals surface area contributed by atoms with Crippen molar-refractivity contribution in [2.24, 2.45) is 0 Å². The summed E-state index contributed by atoms with van der Waals surface area (Å²) in [5.41, 5.74) is 1.03. The Morgan fingerprint density at radius 1 is 1.10 bits per heavy atom. The molecule has 5 rings (SSSR count). The number of halogens is 2. The zero-order chi connectivity index (χ0) is 21.5. The van der Waals surface area contributed by atoms with Gasteiger partial charge in [0, 0.05) is 19.2 Å². The number of imidazole rings is 1. The zero-order valence-corrected chi connectivity index (χ0v) is 16.2. The number of hydrogen-bond acceptors (Lipinski definition) is 6. The lowest BCUT2D eigenvalue weighted by Crippen LogP contribution is -2.25. The van der Waals surface area contributed by atoms with Crippen LogP contribution in [-0.2, 0) is 11.3 Å². The van der Waals surface area contributed by atoms with Gasteiger partial charge in [0.05, 0.1) is 12.1 Å². The average molecular weight is 423 g/mol. The van der Waals surface area contributed by atoms with E-state index in [1.165, 1.54) is 52.7 Å². The lowest BCUT2D eigenvalue weighted by molar-refractivity contribution is 0.187. The van der Waals surface area contributed by atoms with Gasteiger partial charge in [-0.15, -0.1) is 0 Å². The molecule has 10 heteroatoms. The van der Waals surface area contributed by atoms with E-state index in [2.05, 4.69) is 15.1 Å². The first-order valence-corrected chi connectivity index (χ1v) is 9.35. The Morgan fingerprint density at radius 2 is 1.90 bits per heavy atom. The van der Waals surface area contributed by atoms with Gasteiger partial charge in [-0.05, 0) is 36.4 Å². The van der Waals surface area contributed by atoms with E-state index < -0.39 is 11.4 Å². The van der Waals surface area contributed by atoms with Crippen molar-refractivity contribution in [1.29, 1.82) is 0 Å². The largest absolute Gasteiger partial charge is 0.383 e. The molecule has 2 aromatic carbocycles. The van der Waals surface area contributed by atoms with Crippen LogP contribution in [0.1, 0.15) is 0 Å². The molecular weight excluding hydrogens is 408 g/mol. The molecule has 0 N–H and O–H groups in total. The van der Waals surface area contributed by atoms with Crippen LogP contribution >= 0.6 is 0 Å². The van der Waals surface area contributed by atoms with Crippen LogP contribution in [0, 0.1) is 11.6 Å². The first kappa shape index (κ1) is 19.1. The molecule has 31 heavy (non-hydrogen) atoms. The van der Waals surface area contributed by atoms with Gasteiger partial charge < -0.3 is 13.8 Å². The van der Waals surface area contributed by atoms with Gasteiger partial charge in [0.25, 0.3) is 11.4 Å². The van der Waals surface area contributed by atoms with Crippen molar-refractivity contribution in [1.82, 2.24) is 24.1 Å². The van der Waals surface area contributed by atoms with Gasteiger partial charge in [0.1, 0.15) is 29.0 Å². The molecule has 0 saturated heterocycles. The van der Waals surface area contributed by atoms with Gasteiger partial charge in [0.15, 0.2) is 5.69 Å². The number of rotatable bonds is 5. The summed E-state index contributed by atoms with van der Waals surface area (Å²) in [5, 5.41) is 3.91. The zero-order valence-electron chi connectivity index (χ0n) is 16.2. The van der Waals surface area contributed by atoms with E-state index in [0.717, 1.165) is 0 Å². The van der Waals surface area contributed by atoms with Crippen molar-refractivity contribution in [3.05, 3.63) is 70.8 Å². The highest BCUT2D eigenvalue weighted by atomic mass is 19.1. The molecule has 0 amide bonds. The van der Waals surface area contributed by atoms with Crippen LogP contribution in [0.2, 0.25) is 0 Å². The van der Waals surface area contributed by atoms with Crippen molar-refractivity contribution in [3.8, 4) is 23.0 Å². The first-order chi connectivity index (χ1) is 15.1. The molecule has 3 heterocycles. The first-order valence-electron chi connectivity index (χ1n) is 9.35. The Kier molecular flexibility index (Phi) is 4.55. The molecule has 8 nitrogen and oxygen atoms in total. The van der Waals surface area contributed by atoms with Gasteiger partial charge in [-0.2, -0.15) is 4.98 Å². The maximum absolute atomic E-state index is 14.6. The van der Waals surface area contributed by atoms with E-state index in [-0.39, 0.29) is 47.4 Å². The van der Waals surface area contributed by atoms with E-state index in [0.29, 0.717) is 11.1 Å². The molecule has 3 aromatic heterocycles. The molecule has 0 saturated carbocycles. The van der Waals surface area contributed by atoms with E-state index in [1.54, 1.807) is 12.1 Å². The predicted molar refractivity (Wildman–Crippen MR) is 107 cm³/mol. The molecule has 156 valence electrons. The van der Waals surface area contributed by atoms with Gasteiger partial charge >= 0.3 is 0 Å². The predicted octanol–water partition coefficient (Wildman–Crippen LogP) is 3.29. The Balaban J connectivity index is 1.73. The summed E-state index contributed by atoms with van der Waals surface area (Å²) in [6.45, 7) is 0.372. The second-order valence-corrected chi connectivity index (χ2v) is 6.80. The average Bonchev–Trinajstić information content (AvgIpc) is 3.42. The third-order valence-corrected chi connectivity index (χ3v) is 4.96. The number of hydrogen-bond donors (Lipinski definition) is 0. The Morgan fingerprint density at radius 3 is 2.68 bits per heavy atom. The van der Waals surface area contributed by atoms with Gasteiger partial charge in [-0.1, -0.05) is 11.2 Å². The van der Waals surface area contributed by atoms with Crippen LogP contribution in [0.3, 0.4) is 0 Å². The van der Waals surface area contributed by atoms with Gasteiger partial charge in [-0.25, -0.2) is 13.8 Å². The summed E-state index contributed by atoms with van der Waals surface area (Å²) in [6, 6.07) is 10.1. The molecule has 5 aromatic rings. The van der Waals surface area contributed by atoms with Crippen LogP contribution < -0.4 is 5.56 Å². The molecule has 0 unspecified atom stereocenters. The Bertz CT molecular complexity index is 1470. The number of benzene rings is 2. The summed E-state index contributed by atoms with van der Waals surface area (Å²) in [4.78, 5) is 21.9. The number of nitrogens with zero attached hydrogens (tertiary/aromatic N) is 5. The van der Waals surface area contributed by atoms with Gasteiger partial charge in [0.2, 0.25) is 5.82 Å². The standard InChI is InChI=1S/C21H15F2N5O3/c1-30-10-9-27-17-14(23)3-2-4-15(17)28-11-24-16(18(28)21(27)29)20-25-19(26-31-20)12-5-7-13(22)8-6-12/h2-8,11H,9-10H2,1H3. The van der Waals surface area contributed by atoms with Crippen LogP contribution in [0.25, 0.3) is 39.5 Å². The highest BCUT2D eigenvalue weighted by Gasteiger charge is 2.22. The second kappa shape index (κ2) is 7.40.